The molecule has 13 heavy (non-hydrogen) atoms. The summed E-state index contributed by atoms with van der Waals surface area (Å²) in [5.74, 6) is 0.947. The Bertz CT molecular complexity index is 164. The number of nitrogens with one attached hydrogen (secondary N) is 1. The smallest absolute Gasteiger partial charge is 0.407 e. The van der Waals surface area contributed by atoms with Crippen molar-refractivity contribution in [3.8, 4) is 0 Å². The molecule has 0 heterocycles. The predicted octanol–water partition coefficient (Wildman–Crippen LogP) is 2.31. The minimum absolute atomic E-state index is 0.0246. The summed E-state index contributed by atoms with van der Waals surface area (Å²) >= 11 is 0. The SMILES string of the molecule is CC(C)OC(=O)NCCCC1CC1. The Balaban J connectivity index is 1.88. The molecule has 3 nitrogen and oxygen atoms in total. The van der Waals surface area contributed by atoms with Crippen molar-refractivity contribution in [2.45, 2.75) is 45.6 Å². The summed E-state index contributed by atoms with van der Waals surface area (Å²) in [6.45, 7) is 4.45. The van der Waals surface area contributed by atoms with E-state index in [1.807, 2.05) is 13.8 Å². The molecule has 76 valence electrons. The first-order chi connectivity index (χ1) is 6.18. The molecule has 1 amide bonds. The summed E-state index contributed by atoms with van der Waals surface area (Å²) in [7, 11) is 0. The number of carbonyl (C=O) groups is 1. The van der Waals surface area contributed by atoms with Gasteiger partial charge < -0.3 is 10.1 Å². The van der Waals surface area contributed by atoms with Crippen LogP contribution >= 0.6 is 0 Å². The summed E-state index contributed by atoms with van der Waals surface area (Å²) in [6, 6.07) is 0. The van der Waals surface area contributed by atoms with Gasteiger partial charge in [-0.05, 0) is 32.6 Å². The monoisotopic (exact) mass is 185 g/mol. The van der Waals surface area contributed by atoms with Crippen molar-refractivity contribution in [2.75, 3.05) is 6.54 Å². The van der Waals surface area contributed by atoms with Crippen molar-refractivity contribution in [1.29, 1.82) is 0 Å². The third kappa shape index (κ3) is 5.50. The zero-order valence-electron chi connectivity index (χ0n) is 8.51. The van der Waals surface area contributed by atoms with Crippen molar-refractivity contribution < 1.29 is 9.53 Å². The summed E-state index contributed by atoms with van der Waals surface area (Å²) in [4.78, 5) is 11.0. The van der Waals surface area contributed by atoms with Gasteiger partial charge in [-0.3, -0.25) is 0 Å². The average molecular weight is 185 g/mol. The van der Waals surface area contributed by atoms with Crippen LogP contribution in [-0.2, 0) is 4.74 Å². The van der Waals surface area contributed by atoms with E-state index < -0.39 is 0 Å². The second-order valence-corrected chi connectivity index (χ2v) is 3.97. The van der Waals surface area contributed by atoms with Gasteiger partial charge in [-0.25, -0.2) is 4.79 Å². The summed E-state index contributed by atoms with van der Waals surface area (Å²) < 4.78 is 4.92. The highest BCUT2D eigenvalue weighted by Crippen LogP contribution is 2.33. The third-order valence-corrected chi connectivity index (χ3v) is 2.10. The lowest BCUT2D eigenvalue weighted by Crippen LogP contribution is -2.27. The van der Waals surface area contributed by atoms with Gasteiger partial charge in [0.1, 0.15) is 0 Å². The molecule has 0 aromatic heterocycles. The predicted molar refractivity (Wildman–Crippen MR) is 51.6 cm³/mol. The van der Waals surface area contributed by atoms with Gasteiger partial charge >= 0.3 is 6.09 Å². The second-order valence-electron chi connectivity index (χ2n) is 3.97. The van der Waals surface area contributed by atoms with Crippen LogP contribution in [0.2, 0.25) is 0 Å². The van der Waals surface area contributed by atoms with E-state index in [1.165, 1.54) is 19.3 Å². The molecule has 0 aliphatic heterocycles. The number of hydrogen-bond acceptors (Lipinski definition) is 2. The second kappa shape index (κ2) is 5.10. The van der Waals surface area contributed by atoms with Crippen LogP contribution in [0.25, 0.3) is 0 Å². The first-order valence-electron chi connectivity index (χ1n) is 5.13. The molecule has 0 atom stereocenters. The Labute approximate surface area is 79.8 Å². The zero-order chi connectivity index (χ0) is 9.68. The average Bonchev–Trinajstić information content (AvgIpc) is 2.80. The van der Waals surface area contributed by atoms with Crippen LogP contribution in [0.4, 0.5) is 4.79 Å². The summed E-state index contributed by atoms with van der Waals surface area (Å²) in [5.41, 5.74) is 0. The van der Waals surface area contributed by atoms with Crippen LogP contribution < -0.4 is 5.32 Å². The van der Waals surface area contributed by atoms with E-state index in [0.717, 1.165) is 18.9 Å². The Morgan fingerprint density at radius 3 is 2.77 bits per heavy atom. The van der Waals surface area contributed by atoms with E-state index in [-0.39, 0.29) is 12.2 Å². The maximum atomic E-state index is 11.0. The minimum Gasteiger partial charge on any atom is -0.447 e. The maximum Gasteiger partial charge on any atom is 0.407 e. The molecule has 0 radical (unpaired) electrons. The topological polar surface area (TPSA) is 38.3 Å². The van der Waals surface area contributed by atoms with Crippen LogP contribution in [0.5, 0.6) is 0 Å². The van der Waals surface area contributed by atoms with E-state index in [0.29, 0.717) is 0 Å². The molecule has 0 aromatic rings. The Morgan fingerprint density at radius 1 is 1.54 bits per heavy atom. The summed E-state index contributed by atoms with van der Waals surface area (Å²) in [5, 5.41) is 2.74. The van der Waals surface area contributed by atoms with Crippen molar-refractivity contribution in [2.24, 2.45) is 5.92 Å². The van der Waals surface area contributed by atoms with Gasteiger partial charge in [0.05, 0.1) is 6.10 Å². The molecule has 1 rings (SSSR count). The lowest BCUT2D eigenvalue weighted by Gasteiger charge is -2.08. The fraction of sp³-hybridized carbons (Fsp3) is 0.900. The molecule has 1 N–H and O–H groups in total. The Kier molecular flexibility index (Phi) is 4.06. The van der Waals surface area contributed by atoms with Gasteiger partial charge in [0.25, 0.3) is 0 Å². The number of hydrogen-bond donors (Lipinski definition) is 1. The van der Waals surface area contributed by atoms with Crippen molar-refractivity contribution >= 4 is 6.09 Å². The molecule has 0 unspecified atom stereocenters. The highest BCUT2D eigenvalue weighted by atomic mass is 16.6. The molecular formula is C10H19NO2. The van der Waals surface area contributed by atoms with Crippen LogP contribution in [0.15, 0.2) is 0 Å². The van der Waals surface area contributed by atoms with Crippen molar-refractivity contribution in [3.63, 3.8) is 0 Å². The molecule has 1 aliphatic carbocycles. The molecule has 0 bridgehead atoms. The first-order valence-corrected chi connectivity index (χ1v) is 5.13. The Morgan fingerprint density at radius 2 is 2.23 bits per heavy atom. The molecule has 1 aliphatic rings. The largest absolute Gasteiger partial charge is 0.447 e. The Hall–Kier alpha value is -0.730. The number of ether oxygens (including phenoxy) is 1. The maximum absolute atomic E-state index is 11.0. The van der Waals surface area contributed by atoms with E-state index in [4.69, 9.17) is 4.74 Å². The third-order valence-electron chi connectivity index (χ3n) is 2.10. The lowest BCUT2D eigenvalue weighted by atomic mass is 10.2. The lowest BCUT2D eigenvalue weighted by molar-refractivity contribution is 0.115. The highest BCUT2D eigenvalue weighted by Gasteiger charge is 2.20. The van der Waals surface area contributed by atoms with Crippen molar-refractivity contribution in [1.82, 2.24) is 5.32 Å². The number of carbonyl (C=O) groups excluding carboxylic acids is 1. The van der Waals surface area contributed by atoms with Crippen LogP contribution in [0.3, 0.4) is 0 Å². The molecule has 0 saturated heterocycles. The molecule has 0 aromatic carbocycles. The molecule has 1 fully saturated rings. The van der Waals surface area contributed by atoms with Gasteiger partial charge in [0.15, 0.2) is 0 Å². The van der Waals surface area contributed by atoms with Crippen LogP contribution in [0.1, 0.15) is 39.5 Å². The van der Waals surface area contributed by atoms with Crippen molar-refractivity contribution in [3.05, 3.63) is 0 Å². The van der Waals surface area contributed by atoms with E-state index in [9.17, 15) is 4.79 Å². The molecule has 0 spiro atoms. The van der Waals surface area contributed by atoms with E-state index in [1.54, 1.807) is 0 Å². The fourth-order valence-electron chi connectivity index (χ4n) is 1.24. The first kappa shape index (κ1) is 10.4. The van der Waals surface area contributed by atoms with Gasteiger partial charge in [0, 0.05) is 6.54 Å². The number of amides is 1. The zero-order valence-corrected chi connectivity index (χ0v) is 8.51. The number of alkyl carbamates (subject to hydrolysis) is 1. The van der Waals surface area contributed by atoms with E-state index >= 15 is 0 Å². The van der Waals surface area contributed by atoms with Gasteiger partial charge in [0.2, 0.25) is 0 Å². The molecule has 1 saturated carbocycles. The standard InChI is InChI=1S/C10H19NO2/c1-8(2)13-10(12)11-7-3-4-9-5-6-9/h8-9H,3-7H2,1-2H3,(H,11,12). The quantitative estimate of drug-likeness (QED) is 0.667. The normalized spacial score (nSPS) is 15.9. The fourth-order valence-corrected chi connectivity index (χ4v) is 1.24. The molecular weight excluding hydrogens is 166 g/mol. The minimum atomic E-state index is -0.286. The van der Waals surface area contributed by atoms with Gasteiger partial charge in [-0.1, -0.05) is 12.8 Å². The number of rotatable bonds is 5. The van der Waals surface area contributed by atoms with Gasteiger partial charge in [-0.2, -0.15) is 0 Å². The van der Waals surface area contributed by atoms with Gasteiger partial charge in [-0.15, -0.1) is 0 Å². The van der Waals surface area contributed by atoms with Crippen LogP contribution in [0, 0.1) is 5.92 Å². The molecule has 3 heteroatoms. The summed E-state index contributed by atoms with van der Waals surface area (Å²) in [6.07, 6.45) is 4.79. The van der Waals surface area contributed by atoms with Crippen LogP contribution in [-0.4, -0.2) is 18.7 Å². The highest BCUT2D eigenvalue weighted by molar-refractivity contribution is 5.67. The van der Waals surface area contributed by atoms with E-state index in [2.05, 4.69) is 5.32 Å².